The van der Waals surface area contributed by atoms with Gasteiger partial charge >= 0.3 is 0 Å². The average molecular weight is 206 g/mol. The van der Waals surface area contributed by atoms with Crippen LogP contribution >= 0.6 is 0 Å². The quantitative estimate of drug-likeness (QED) is 0.523. The number of aldehydes is 1. The van der Waals surface area contributed by atoms with Crippen LogP contribution in [0.1, 0.15) is 32.6 Å². The van der Waals surface area contributed by atoms with Gasteiger partial charge in [0.15, 0.2) is 0 Å². The minimum Gasteiger partial charge on any atom is -0.371 e. The van der Waals surface area contributed by atoms with Crippen molar-refractivity contribution in [2.24, 2.45) is 17.3 Å². The van der Waals surface area contributed by atoms with E-state index in [1.165, 1.54) is 12.8 Å². The summed E-state index contributed by atoms with van der Waals surface area (Å²) < 4.78 is 6.12. The second kappa shape index (κ2) is 2.73. The number of rotatable bonds is 3. The number of hydrogen-bond acceptors (Lipinski definition) is 2. The van der Waals surface area contributed by atoms with Crippen LogP contribution in [0.3, 0.4) is 0 Å². The van der Waals surface area contributed by atoms with Gasteiger partial charge in [-0.3, -0.25) is 0 Å². The van der Waals surface area contributed by atoms with E-state index in [1.54, 1.807) is 0 Å². The highest BCUT2D eigenvalue weighted by atomic mass is 16.5. The molecule has 0 amide bonds. The maximum atomic E-state index is 10.8. The first kappa shape index (κ1) is 9.59. The minimum absolute atomic E-state index is 0.0706. The van der Waals surface area contributed by atoms with Crippen molar-refractivity contribution >= 4 is 6.29 Å². The molecule has 0 spiro atoms. The molecule has 2 aliphatic heterocycles. The molecule has 2 heterocycles. The van der Waals surface area contributed by atoms with Crippen molar-refractivity contribution in [2.75, 3.05) is 0 Å². The molecule has 0 aromatic carbocycles. The van der Waals surface area contributed by atoms with Gasteiger partial charge < -0.3 is 9.53 Å². The molecule has 5 unspecified atom stereocenters. The molecule has 4 bridgehead atoms. The van der Waals surface area contributed by atoms with E-state index < -0.39 is 0 Å². The van der Waals surface area contributed by atoms with Crippen molar-refractivity contribution in [3.63, 3.8) is 0 Å². The van der Waals surface area contributed by atoms with Crippen LogP contribution < -0.4 is 0 Å². The number of allylic oxidation sites excluding steroid dienone is 1. The van der Waals surface area contributed by atoms with Crippen molar-refractivity contribution in [3.05, 3.63) is 12.7 Å². The Morgan fingerprint density at radius 2 is 2.33 bits per heavy atom. The summed E-state index contributed by atoms with van der Waals surface area (Å²) in [5.41, 5.74) is 0.267. The van der Waals surface area contributed by atoms with Crippen molar-refractivity contribution in [1.82, 2.24) is 0 Å². The molecule has 15 heavy (non-hydrogen) atoms. The van der Waals surface area contributed by atoms with Gasteiger partial charge in [-0.05, 0) is 37.5 Å². The summed E-state index contributed by atoms with van der Waals surface area (Å²) in [4.78, 5) is 10.8. The number of ether oxygens (including phenoxy) is 1. The molecule has 0 N–H and O–H groups in total. The Morgan fingerprint density at radius 1 is 1.53 bits per heavy atom. The van der Waals surface area contributed by atoms with Crippen molar-refractivity contribution in [1.29, 1.82) is 0 Å². The van der Waals surface area contributed by atoms with Gasteiger partial charge in [0, 0.05) is 12.3 Å². The third-order valence-electron chi connectivity index (χ3n) is 4.82. The van der Waals surface area contributed by atoms with Crippen molar-refractivity contribution < 1.29 is 9.53 Å². The fourth-order valence-corrected chi connectivity index (χ4v) is 4.50. The first-order chi connectivity index (χ1) is 7.12. The standard InChI is InChI=1S/C13H18O2/c1-3-13-7-9-6-12(2,8-13)15-11(9)10(13)4-5-14/h3,5,9-11H,1,4,6-8H2,2H3. The molecule has 2 heteroatoms. The van der Waals surface area contributed by atoms with Gasteiger partial charge in [-0.15, -0.1) is 6.58 Å². The third-order valence-corrected chi connectivity index (χ3v) is 4.82. The number of carbonyl (C=O) groups excluding carboxylic acids is 1. The molecule has 4 fully saturated rings. The summed E-state index contributed by atoms with van der Waals surface area (Å²) in [7, 11) is 0. The third kappa shape index (κ3) is 1.06. The Labute approximate surface area is 90.7 Å². The normalized spacial score (nSPS) is 55.9. The van der Waals surface area contributed by atoms with E-state index in [0.29, 0.717) is 24.4 Å². The molecule has 0 radical (unpaired) electrons. The Hall–Kier alpha value is -0.630. The van der Waals surface area contributed by atoms with Crippen molar-refractivity contribution in [3.8, 4) is 0 Å². The number of carbonyl (C=O) groups is 1. The summed E-state index contributed by atoms with van der Waals surface area (Å²) in [6.45, 7) is 6.22. The van der Waals surface area contributed by atoms with E-state index in [2.05, 4.69) is 19.6 Å². The summed E-state index contributed by atoms with van der Waals surface area (Å²) >= 11 is 0. The zero-order valence-electron chi connectivity index (χ0n) is 9.24. The summed E-state index contributed by atoms with van der Waals surface area (Å²) in [5, 5.41) is 0. The smallest absolute Gasteiger partial charge is 0.120 e. The molecule has 5 atom stereocenters. The minimum atomic E-state index is 0.0706. The molecule has 2 nitrogen and oxygen atoms in total. The van der Waals surface area contributed by atoms with E-state index in [9.17, 15) is 4.79 Å². The van der Waals surface area contributed by atoms with Crippen molar-refractivity contribution in [2.45, 2.75) is 44.3 Å². The van der Waals surface area contributed by atoms with E-state index in [4.69, 9.17) is 4.74 Å². The SMILES string of the molecule is C=CC12CC3CC(C)(C1)OC3C2CC=O. The van der Waals surface area contributed by atoms with Crippen LogP contribution in [0.25, 0.3) is 0 Å². The molecular formula is C13H18O2. The van der Waals surface area contributed by atoms with E-state index in [0.717, 1.165) is 12.7 Å². The van der Waals surface area contributed by atoms with Crippen LogP contribution in [0.2, 0.25) is 0 Å². The van der Waals surface area contributed by atoms with Gasteiger partial charge in [-0.2, -0.15) is 0 Å². The van der Waals surface area contributed by atoms with Crippen LogP contribution in [0.4, 0.5) is 0 Å². The Bertz CT molecular complexity index is 324. The van der Waals surface area contributed by atoms with Gasteiger partial charge in [-0.1, -0.05) is 6.08 Å². The Morgan fingerprint density at radius 3 is 3.00 bits per heavy atom. The largest absolute Gasteiger partial charge is 0.371 e. The second-order valence-corrected chi connectivity index (χ2v) is 5.82. The van der Waals surface area contributed by atoms with Crippen LogP contribution in [-0.2, 0) is 9.53 Å². The maximum absolute atomic E-state index is 10.8. The highest BCUT2D eigenvalue weighted by Crippen LogP contribution is 2.66. The van der Waals surface area contributed by atoms with E-state index in [-0.39, 0.29) is 11.0 Å². The highest BCUT2D eigenvalue weighted by Gasteiger charge is 2.65. The monoisotopic (exact) mass is 206 g/mol. The molecule has 0 aromatic heterocycles. The molecule has 82 valence electrons. The predicted octanol–water partition coefficient (Wildman–Crippen LogP) is 2.34. The molecule has 4 rings (SSSR count). The van der Waals surface area contributed by atoms with Crippen LogP contribution in [0.5, 0.6) is 0 Å². The Balaban J connectivity index is 1.99. The fraction of sp³-hybridized carbons (Fsp3) is 0.769. The van der Waals surface area contributed by atoms with Crippen LogP contribution in [-0.4, -0.2) is 18.0 Å². The zero-order chi connectivity index (χ0) is 10.7. The van der Waals surface area contributed by atoms with E-state index >= 15 is 0 Å². The topological polar surface area (TPSA) is 26.3 Å². The molecule has 4 aliphatic rings. The number of hydrogen-bond donors (Lipinski definition) is 0. The highest BCUT2D eigenvalue weighted by molar-refractivity contribution is 5.51. The van der Waals surface area contributed by atoms with Gasteiger partial charge in [0.1, 0.15) is 6.29 Å². The summed E-state index contributed by atoms with van der Waals surface area (Å²) in [6, 6.07) is 0. The Kier molecular flexibility index (Phi) is 1.75. The van der Waals surface area contributed by atoms with Crippen LogP contribution in [0, 0.1) is 17.3 Å². The van der Waals surface area contributed by atoms with Gasteiger partial charge in [0.2, 0.25) is 0 Å². The molecule has 0 aromatic rings. The van der Waals surface area contributed by atoms with E-state index in [1.807, 2.05) is 0 Å². The molecule has 2 aliphatic carbocycles. The fourth-order valence-electron chi connectivity index (χ4n) is 4.50. The first-order valence-corrected chi connectivity index (χ1v) is 5.88. The molecule has 2 saturated heterocycles. The lowest BCUT2D eigenvalue weighted by Crippen LogP contribution is -2.45. The van der Waals surface area contributed by atoms with Crippen LogP contribution in [0.15, 0.2) is 12.7 Å². The zero-order valence-corrected chi connectivity index (χ0v) is 9.24. The lowest BCUT2D eigenvalue weighted by Gasteiger charge is -2.46. The average Bonchev–Trinajstić information content (AvgIpc) is 2.55. The second-order valence-electron chi connectivity index (χ2n) is 5.82. The lowest BCUT2D eigenvalue weighted by molar-refractivity contribution is -0.133. The van der Waals surface area contributed by atoms with Gasteiger partial charge in [-0.25, -0.2) is 0 Å². The lowest BCUT2D eigenvalue weighted by atomic mass is 9.65. The molecular weight excluding hydrogens is 188 g/mol. The first-order valence-electron chi connectivity index (χ1n) is 5.88. The van der Waals surface area contributed by atoms with Gasteiger partial charge in [0.05, 0.1) is 11.7 Å². The maximum Gasteiger partial charge on any atom is 0.120 e. The molecule has 2 saturated carbocycles. The predicted molar refractivity (Wildman–Crippen MR) is 57.4 cm³/mol. The van der Waals surface area contributed by atoms with Gasteiger partial charge in [0.25, 0.3) is 0 Å². The summed E-state index contributed by atoms with van der Waals surface area (Å²) in [5.74, 6) is 1.07. The summed E-state index contributed by atoms with van der Waals surface area (Å²) in [6.07, 6.45) is 7.56.